The number of anilines is 1. The van der Waals surface area contributed by atoms with Gasteiger partial charge in [0.1, 0.15) is 12.7 Å². The molecule has 0 bridgehead atoms. The number of Topliss-reactive ketones (excluding diaryl/α,β-unsaturated/α-hetero) is 1. The topological polar surface area (TPSA) is 76.9 Å². The lowest BCUT2D eigenvalue weighted by molar-refractivity contribution is -0.137. The van der Waals surface area contributed by atoms with Crippen molar-refractivity contribution >= 4 is 29.0 Å². The lowest BCUT2D eigenvalue weighted by Gasteiger charge is -2.18. The number of amides is 1. The first-order valence-corrected chi connectivity index (χ1v) is 6.74. The molecule has 0 aliphatic heterocycles. The Hall–Kier alpha value is -2.42. The van der Waals surface area contributed by atoms with Crippen LogP contribution in [0, 0.1) is 0 Å². The largest absolute Gasteiger partial charge is 0.418 e. The van der Waals surface area contributed by atoms with Gasteiger partial charge in [0.25, 0.3) is 0 Å². The minimum absolute atomic E-state index is 0.0302. The van der Waals surface area contributed by atoms with E-state index in [1.54, 1.807) is 0 Å². The van der Waals surface area contributed by atoms with Crippen molar-refractivity contribution in [2.45, 2.75) is 13.1 Å². The third-order valence-corrected chi connectivity index (χ3v) is 3.08. The van der Waals surface area contributed by atoms with Gasteiger partial charge in [-0.25, -0.2) is 9.67 Å². The summed E-state index contributed by atoms with van der Waals surface area (Å²) in [5.41, 5.74) is -2.18. The molecule has 0 saturated carbocycles. The number of halogens is 4. The molecule has 0 radical (unpaired) electrons. The van der Waals surface area contributed by atoms with Crippen LogP contribution < -0.4 is 5.32 Å². The molecule has 0 aliphatic carbocycles. The lowest BCUT2D eigenvalue weighted by atomic mass is 10.0. The Bertz CT molecular complexity index is 744. The van der Waals surface area contributed by atoms with Gasteiger partial charge in [0.05, 0.1) is 22.8 Å². The first-order chi connectivity index (χ1) is 10.7. The second-order valence-corrected chi connectivity index (χ2v) is 4.76. The van der Waals surface area contributed by atoms with Gasteiger partial charge in [-0.1, -0.05) is 0 Å². The van der Waals surface area contributed by atoms with E-state index in [0.29, 0.717) is 0 Å². The fraction of sp³-hybridized carbons (Fsp3) is 0.231. The maximum atomic E-state index is 13.3. The number of ketones is 1. The zero-order chi connectivity index (χ0) is 17.2. The van der Waals surface area contributed by atoms with Crippen molar-refractivity contribution in [1.29, 1.82) is 0 Å². The van der Waals surface area contributed by atoms with E-state index < -0.39 is 35.0 Å². The highest BCUT2D eigenvalue weighted by Gasteiger charge is 2.36. The number of hydrogen-bond donors (Lipinski definition) is 1. The minimum atomic E-state index is -4.80. The van der Waals surface area contributed by atoms with Crippen LogP contribution in [0.3, 0.4) is 0 Å². The van der Waals surface area contributed by atoms with E-state index in [1.807, 2.05) is 0 Å². The Labute approximate surface area is 133 Å². The molecule has 1 aromatic heterocycles. The summed E-state index contributed by atoms with van der Waals surface area (Å²) in [5, 5.41) is 5.79. The van der Waals surface area contributed by atoms with Crippen molar-refractivity contribution in [2.75, 3.05) is 11.2 Å². The van der Waals surface area contributed by atoms with Crippen LogP contribution in [0.1, 0.15) is 22.8 Å². The smallest absolute Gasteiger partial charge is 0.325 e. The van der Waals surface area contributed by atoms with Gasteiger partial charge >= 0.3 is 6.18 Å². The molecule has 0 unspecified atom stereocenters. The molecule has 0 atom stereocenters. The maximum Gasteiger partial charge on any atom is 0.418 e. The standard InChI is InChI=1S/C13H10ClF3N4O2/c1-7(22)20-12-9(11(23)4-14)2-8(21-6-18-5-19-21)3-10(12)13(15,16)17/h2-3,5-6H,4H2,1H3,(H,20,22). The average Bonchev–Trinajstić information content (AvgIpc) is 2.99. The highest BCUT2D eigenvalue weighted by atomic mass is 35.5. The van der Waals surface area contributed by atoms with E-state index in [1.165, 1.54) is 12.4 Å². The van der Waals surface area contributed by atoms with Crippen LogP contribution in [-0.4, -0.2) is 32.3 Å². The molecule has 2 rings (SSSR count). The van der Waals surface area contributed by atoms with Crippen molar-refractivity contribution in [3.05, 3.63) is 35.9 Å². The normalized spacial score (nSPS) is 11.3. The Kier molecular flexibility index (Phi) is 4.69. The number of rotatable bonds is 4. The highest BCUT2D eigenvalue weighted by Crippen LogP contribution is 2.38. The molecule has 10 heteroatoms. The summed E-state index contributed by atoms with van der Waals surface area (Å²) >= 11 is 5.46. The molecule has 1 heterocycles. The van der Waals surface area contributed by atoms with Crippen molar-refractivity contribution in [2.24, 2.45) is 0 Å². The van der Waals surface area contributed by atoms with Crippen LogP contribution >= 0.6 is 11.6 Å². The summed E-state index contributed by atoms with van der Waals surface area (Å²) in [5.74, 6) is -2.04. The summed E-state index contributed by atoms with van der Waals surface area (Å²) in [6.45, 7) is 1.04. The molecular formula is C13H10ClF3N4O2. The predicted molar refractivity (Wildman–Crippen MR) is 75.7 cm³/mol. The number of hydrogen-bond acceptors (Lipinski definition) is 4. The fourth-order valence-corrected chi connectivity index (χ4v) is 2.07. The zero-order valence-corrected chi connectivity index (χ0v) is 12.4. The quantitative estimate of drug-likeness (QED) is 0.682. The SMILES string of the molecule is CC(=O)Nc1c(C(=O)CCl)cc(-n2cncn2)cc1C(F)(F)F. The summed E-state index contributed by atoms with van der Waals surface area (Å²) in [7, 11) is 0. The van der Waals surface area contributed by atoms with Crippen LogP contribution in [0.2, 0.25) is 0 Å². The van der Waals surface area contributed by atoms with Gasteiger partial charge < -0.3 is 5.32 Å². The fourth-order valence-electron chi connectivity index (χ4n) is 1.93. The number of nitrogens with zero attached hydrogens (tertiary/aromatic N) is 3. The molecule has 0 saturated heterocycles. The minimum Gasteiger partial charge on any atom is -0.325 e. The van der Waals surface area contributed by atoms with Crippen LogP contribution in [0.5, 0.6) is 0 Å². The molecule has 0 fully saturated rings. The third kappa shape index (κ3) is 3.67. The summed E-state index contributed by atoms with van der Waals surface area (Å²) in [4.78, 5) is 26.8. The first-order valence-electron chi connectivity index (χ1n) is 6.21. The maximum absolute atomic E-state index is 13.3. The van der Waals surface area contributed by atoms with Gasteiger partial charge in [-0.05, 0) is 12.1 Å². The van der Waals surface area contributed by atoms with Crippen molar-refractivity contribution in [1.82, 2.24) is 14.8 Å². The number of aromatic nitrogens is 3. The van der Waals surface area contributed by atoms with Crippen LogP contribution in [0.15, 0.2) is 24.8 Å². The molecule has 23 heavy (non-hydrogen) atoms. The summed E-state index contributed by atoms with van der Waals surface area (Å²) < 4.78 is 41.0. The van der Waals surface area contributed by atoms with E-state index in [0.717, 1.165) is 24.0 Å². The van der Waals surface area contributed by atoms with E-state index in [2.05, 4.69) is 15.4 Å². The van der Waals surface area contributed by atoms with Gasteiger partial charge in [0.2, 0.25) is 5.91 Å². The van der Waals surface area contributed by atoms with Crippen LogP contribution in [0.4, 0.5) is 18.9 Å². The molecule has 0 spiro atoms. The van der Waals surface area contributed by atoms with Gasteiger partial charge in [-0.3, -0.25) is 9.59 Å². The number of nitrogens with one attached hydrogen (secondary N) is 1. The van der Waals surface area contributed by atoms with Crippen molar-refractivity contribution in [3.63, 3.8) is 0 Å². The first kappa shape index (κ1) is 16.9. The monoisotopic (exact) mass is 346 g/mol. The van der Waals surface area contributed by atoms with Crippen LogP contribution in [-0.2, 0) is 11.0 Å². The zero-order valence-electron chi connectivity index (χ0n) is 11.7. The molecule has 1 aromatic carbocycles. The molecule has 6 nitrogen and oxygen atoms in total. The van der Waals surface area contributed by atoms with Crippen molar-refractivity contribution in [3.8, 4) is 5.69 Å². The average molecular weight is 347 g/mol. The molecule has 0 aliphatic rings. The summed E-state index contributed by atoms with van der Waals surface area (Å²) in [6.07, 6.45) is -2.48. The highest BCUT2D eigenvalue weighted by molar-refractivity contribution is 6.31. The number of alkyl halides is 4. The second kappa shape index (κ2) is 6.37. The van der Waals surface area contributed by atoms with Crippen molar-refractivity contribution < 1.29 is 22.8 Å². The van der Waals surface area contributed by atoms with Gasteiger partial charge in [-0.15, -0.1) is 11.6 Å². The Balaban J connectivity index is 2.77. The molecule has 2 aromatic rings. The number of benzene rings is 1. The van der Waals surface area contributed by atoms with E-state index in [9.17, 15) is 22.8 Å². The number of carbonyl (C=O) groups excluding carboxylic acids is 2. The van der Waals surface area contributed by atoms with E-state index in [4.69, 9.17) is 11.6 Å². The number of carbonyl (C=O) groups is 2. The Morgan fingerprint density at radius 3 is 2.52 bits per heavy atom. The van der Waals surface area contributed by atoms with Gasteiger partial charge in [-0.2, -0.15) is 18.3 Å². The Morgan fingerprint density at radius 2 is 2.04 bits per heavy atom. The Morgan fingerprint density at radius 1 is 1.35 bits per heavy atom. The second-order valence-electron chi connectivity index (χ2n) is 4.49. The van der Waals surface area contributed by atoms with E-state index in [-0.39, 0.29) is 11.3 Å². The predicted octanol–water partition coefficient (Wildman–Crippen LogP) is 2.67. The van der Waals surface area contributed by atoms with Gasteiger partial charge in [0, 0.05) is 12.5 Å². The molecular weight excluding hydrogens is 337 g/mol. The molecule has 1 amide bonds. The lowest BCUT2D eigenvalue weighted by Crippen LogP contribution is -2.19. The van der Waals surface area contributed by atoms with Crippen LogP contribution in [0.25, 0.3) is 5.69 Å². The molecule has 122 valence electrons. The van der Waals surface area contributed by atoms with Gasteiger partial charge in [0.15, 0.2) is 5.78 Å². The van der Waals surface area contributed by atoms with E-state index >= 15 is 0 Å². The third-order valence-electron chi connectivity index (χ3n) is 2.83. The molecule has 1 N–H and O–H groups in total. The summed E-state index contributed by atoms with van der Waals surface area (Å²) in [6, 6.07) is 1.94.